The zero-order valence-corrected chi connectivity index (χ0v) is 10.5. The monoisotopic (exact) mass is 258 g/mol. The minimum atomic E-state index is -3.68. The van der Waals surface area contributed by atoms with Gasteiger partial charge < -0.3 is 4.74 Å². The summed E-state index contributed by atoms with van der Waals surface area (Å²) in [6, 6.07) is 4.45. The van der Waals surface area contributed by atoms with Crippen LogP contribution >= 0.6 is 10.7 Å². The third kappa shape index (κ3) is 3.44. The highest BCUT2D eigenvalue weighted by molar-refractivity contribution is 8.13. The maximum absolute atomic E-state index is 11.1. The Balaban J connectivity index is 2.95. The van der Waals surface area contributed by atoms with E-state index in [9.17, 15) is 8.42 Å². The third-order valence-corrected chi connectivity index (χ3v) is 3.26. The minimum absolute atomic E-state index is 0.0700. The van der Waals surface area contributed by atoms with E-state index >= 15 is 0 Å². The van der Waals surface area contributed by atoms with Crippen molar-refractivity contribution in [2.45, 2.75) is 18.7 Å². The molecular formula is C11H11ClO3S. The largest absolute Gasteiger partial charge is 0.481 e. The molecule has 0 atom stereocenters. The molecular weight excluding hydrogens is 248 g/mol. The number of halogens is 1. The van der Waals surface area contributed by atoms with Crippen LogP contribution in [0.1, 0.15) is 12.5 Å². The Morgan fingerprint density at radius 2 is 2.12 bits per heavy atom. The van der Waals surface area contributed by atoms with E-state index in [1.807, 2.05) is 0 Å². The van der Waals surface area contributed by atoms with E-state index < -0.39 is 9.05 Å². The maximum atomic E-state index is 11.1. The molecule has 0 amide bonds. The Hall–Kier alpha value is -1.18. The molecule has 1 aromatic rings. The summed E-state index contributed by atoms with van der Waals surface area (Å²) in [5, 5.41) is 0. The predicted octanol–water partition coefficient (Wildman–Crippen LogP) is 2.32. The highest BCUT2D eigenvalue weighted by atomic mass is 35.7. The number of hydrogen-bond donors (Lipinski definition) is 0. The molecule has 86 valence electrons. The molecule has 0 aliphatic rings. The molecule has 0 aliphatic carbocycles. The van der Waals surface area contributed by atoms with Gasteiger partial charge in [0.2, 0.25) is 0 Å². The fourth-order valence-corrected chi connectivity index (χ4v) is 1.96. The Labute approximate surface area is 99.8 Å². The van der Waals surface area contributed by atoms with E-state index in [4.69, 9.17) is 15.4 Å². The van der Waals surface area contributed by atoms with E-state index in [-0.39, 0.29) is 11.5 Å². The number of benzene rings is 1. The lowest BCUT2D eigenvalue weighted by molar-refractivity contribution is 0.367. The molecule has 16 heavy (non-hydrogen) atoms. The lowest BCUT2D eigenvalue weighted by atomic mass is 10.2. The molecule has 0 spiro atoms. The van der Waals surface area contributed by atoms with E-state index in [0.29, 0.717) is 11.3 Å². The van der Waals surface area contributed by atoms with Gasteiger partial charge in [-0.15, -0.1) is 5.92 Å². The Kier molecular flexibility index (Phi) is 4.22. The van der Waals surface area contributed by atoms with Crippen molar-refractivity contribution in [1.82, 2.24) is 0 Å². The molecule has 0 saturated carbocycles. The summed E-state index contributed by atoms with van der Waals surface area (Å²) in [6.45, 7) is 3.75. The predicted molar refractivity (Wildman–Crippen MR) is 63.2 cm³/mol. The van der Waals surface area contributed by atoms with Crippen LogP contribution in [0.25, 0.3) is 0 Å². The van der Waals surface area contributed by atoms with Crippen molar-refractivity contribution in [3.05, 3.63) is 23.8 Å². The van der Waals surface area contributed by atoms with Crippen molar-refractivity contribution < 1.29 is 13.2 Å². The molecule has 0 aliphatic heterocycles. The summed E-state index contributed by atoms with van der Waals surface area (Å²) in [5.74, 6) is 6.06. The highest BCUT2D eigenvalue weighted by Crippen LogP contribution is 2.23. The van der Waals surface area contributed by atoms with Gasteiger partial charge in [-0.3, -0.25) is 0 Å². The van der Waals surface area contributed by atoms with Gasteiger partial charge in [-0.2, -0.15) is 0 Å². The fraction of sp³-hybridized carbons (Fsp3) is 0.273. The number of rotatable bonds is 3. The molecule has 0 bridgehead atoms. The standard InChI is InChI=1S/C11H11ClO3S/c1-3-4-7-15-11-6-5-10(8-9(11)2)16(12,13)14/h5-6,8H,7H2,1-2H3. The normalized spacial score (nSPS) is 10.4. The molecule has 0 aromatic heterocycles. The van der Waals surface area contributed by atoms with Crippen LogP contribution in [0.4, 0.5) is 0 Å². The summed E-state index contributed by atoms with van der Waals surface area (Å²) in [5.41, 5.74) is 0.708. The summed E-state index contributed by atoms with van der Waals surface area (Å²) in [4.78, 5) is 0.0700. The van der Waals surface area contributed by atoms with Crippen LogP contribution in [-0.2, 0) is 9.05 Å². The van der Waals surface area contributed by atoms with E-state index in [2.05, 4.69) is 11.8 Å². The Morgan fingerprint density at radius 3 is 2.62 bits per heavy atom. The van der Waals surface area contributed by atoms with Crippen molar-refractivity contribution in [3.63, 3.8) is 0 Å². The van der Waals surface area contributed by atoms with Gasteiger partial charge in [-0.25, -0.2) is 8.42 Å². The second kappa shape index (κ2) is 5.24. The van der Waals surface area contributed by atoms with Gasteiger partial charge in [0.1, 0.15) is 12.4 Å². The van der Waals surface area contributed by atoms with Crippen LogP contribution in [0.3, 0.4) is 0 Å². The van der Waals surface area contributed by atoms with Crippen molar-refractivity contribution in [2.24, 2.45) is 0 Å². The SMILES string of the molecule is CC#CCOc1ccc(S(=O)(=O)Cl)cc1C. The van der Waals surface area contributed by atoms with Gasteiger partial charge in [0, 0.05) is 10.7 Å². The van der Waals surface area contributed by atoms with Crippen LogP contribution in [0, 0.1) is 18.8 Å². The number of aryl methyl sites for hydroxylation is 1. The maximum Gasteiger partial charge on any atom is 0.261 e. The smallest absolute Gasteiger partial charge is 0.261 e. The first-order chi connectivity index (χ1) is 7.45. The zero-order valence-electron chi connectivity index (χ0n) is 8.95. The molecule has 5 heteroatoms. The fourth-order valence-electron chi connectivity index (χ4n) is 1.12. The van der Waals surface area contributed by atoms with Crippen LogP contribution in [-0.4, -0.2) is 15.0 Å². The first-order valence-electron chi connectivity index (χ1n) is 4.53. The van der Waals surface area contributed by atoms with Gasteiger partial charge in [0.15, 0.2) is 0 Å². The third-order valence-electron chi connectivity index (χ3n) is 1.90. The second-order valence-electron chi connectivity index (χ2n) is 3.08. The molecule has 3 nitrogen and oxygen atoms in total. The summed E-state index contributed by atoms with van der Waals surface area (Å²) < 4.78 is 27.5. The molecule has 0 saturated heterocycles. The second-order valence-corrected chi connectivity index (χ2v) is 5.65. The summed E-state index contributed by atoms with van der Waals surface area (Å²) in [7, 11) is 1.54. The topological polar surface area (TPSA) is 43.4 Å². The molecule has 1 rings (SSSR count). The minimum Gasteiger partial charge on any atom is -0.481 e. The number of ether oxygens (including phenoxy) is 1. The molecule has 0 N–H and O–H groups in total. The van der Waals surface area contributed by atoms with Gasteiger partial charge >= 0.3 is 0 Å². The quantitative estimate of drug-likeness (QED) is 0.617. The first-order valence-corrected chi connectivity index (χ1v) is 6.84. The van der Waals surface area contributed by atoms with E-state index in [1.165, 1.54) is 12.1 Å². The zero-order chi connectivity index (χ0) is 12.2. The van der Waals surface area contributed by atoms with Crippen molar-refractivity contribution in [3.8, 4) is 17.6 Å². The number of hydrogen-bond acceptors (Lipinski definition) is 3. The first kappa shape index (κ1) is 12.9. The average molecular weight is 259 g/mol. The highest BCUT2D eigenvalue weighted by Gasteiger charge is 2.11. The Morgan fingerprint density at radius 1 is 1.44 bits per heavy atom. The van der Waals surface area contributed by atoms with Crippen molar-refractivity contribution in [1.29, 1.82) is 0 Å². The summed E-state index contributed by atoms with van der Waals surface area (Å²) in [6.07, 6.45) is 0. The summed E-state index contributed by atoms with van der Waals surface area (Å²) >= 11 is 0. The van der Waals surface area contributed by atoms with Crippen LogP contribution in [0.15, 0.2) is 23.1 Å². The van der Waals surface area contributed by atoms with Crippen LogP contribution in [0.5, 0.6) is 5.75 Å². The van der Waals surface area contributed by atoms with Crippen LogP contribution < -0.4 is 4.74 Å². The van der Waals surface area contributed by atoms with Gasteiger partial charge in [0.25, 0.3) is 9.05 Å². The lowest BCUT2D eigenvalue weighted by Crippen LogP contribution is -1.98. The van der Waals surface area contributed by atoms with Gasteiger partial charge in [0.05, 0.1) is 4.90 Å². The van der Waals surface area contributed by atoms with Gasteiger partial charge in [-0.1, -0.05) is 5.92 Å². The van der Waals surface area contributed by atoms with E-state index in [0.717, 1.165) is 0 Å². The molecule has 0 heterocycles. The van der Waals surface area contributed by atoms with Crippen molar-refractivity contribution in [2.75, 3.05) is 6.61 Å². The molecule has 0 radical (unpaired) electrons. The van der Waals surface area contributed by atoms with E-state index in [1.54, 1.807) is 19.9 Å². The molecule has 0 unspecified atom stereocenters. The van der Waals surface area contributed by atoms with Crippen molar-refractivity contribution >= 4 is 19.7 Å². The Bertz CT molecular complexity index is 538. The molecule has 0 fully saturated rings. The average Bonchev–Trinajstić information content (AvgIpc) is 2.19. The van der Waals surface area contributed by atoms with Gasteiger partial charge in [-0.05, 0) is 37.6 Å². The molecule has 1 aromatic carbocycles. The lowest BCUT2D eigenvalue weighted by Gasteiger charge is -2.06. The van der Waals surface area contributed by atoms with Crippen LogP contribution in [0.2, 0.25) is 0 Å².